The van der Waals surface area contributed by atoms with Crippen LogP contribution in [0.5, 0.6) is 0 Å². The van der Waals surface area contributed by atoms with E-state index < -0.39 is 0 Å². The van der Waals surface area contributed by atoms with Gasteiger partial charge in [-0.2, -0.15) is 0 Å². The number of hydrogen-bond donors (Lipinski definition) is 1. The lowest BCUT2D eigenvalue weighted by atomic mass is 10.1. The summed E-state index contributed by atoms with van der Waals surface area (Å²) >= 11 is 0. The minimum atomic E-state index is -0.0389. The molecule has 0 fully saturated rings. The van der Waals surface area contributed by atoms with E-state index in [9.17, 15) is 5.11 Å². The van der Waals surface area contributed by atoms with Crippen LogP contribution in [0.3, 0.4) is 0 Å². The van der Waals surface area contributed by atoms with Crippen molar-refractivity contribution in [2.45, 2.75) is 90.1 Å². The van der Waals surface area contributed by atoms with Crippen molar-refractivity contribution in [2.24, 2.45) is 0 Å². The van der Waals surface area contributed by atoms with Crippen LogP contribution in [0.2, 0.25) is 0 Å². The molecule has 0 aromatic rings. The van der Waals surface area contributed by atoms with E-state index >= 15 is 0 Å². The molecule has 0 spiro atoms. The molecule has 0 aromatic carbocycles. The summed E-state index contributed by atoms with van der Waals surface area (Å²) < 4.78 is 5.71. The molecule has 0 radical (unpaired) electrons. The molecule has 0 saturated carbocycles. The van der Waals surface area contributed by atoms with Crippen molar-refractivity contribution in [3.8, 4) is 0 Å². The highest BCUT2D eigenvalue weighted by molar-refractivity contribution is 4.92. The van der Waals surface area contributed by atoms with Crippen molar-refractivity contribution in [3.05, 3.63) is 24.3 Å². The maximum atomic E-state index is 9.25. The van der Waals surface area contributed by atoms with Gasteiger partial charge in [-0.25, -0.2) is 0 Å². The third-order valence-electron chi connectivity index (χ3n) is 4.47. The third kappa shape index (κ3) is 19.7. The predicted molar refractivity (Wildman–Crippen MR) is 115 cm³/mol. The van der Waals surface area contributed by atoms with Crippen molar-refractivity contribution in [3.63, 3.8) is 0 Å². The number of unbranched alkanes of at least 4 members (excludes halogenated alkanes) is 9. The van der Waals surface area contributed by atoms with Gasteiger partial charge in [-0.1, -0.05) is 69.8 Å². The van der Waals surface area contributed by atoms with Crippen molar-refractivity contribution in [1.29, 1.82) is 0 Å². The molecule has 1 atom stereocenters. The molecule has 0 amide bonds. The molecule has 1 N–H and O–H groups in total. The Morgan fingerprint density at radius 2 is 1.38 bits per heavy atom. The molecule has 0 rings (SSSR count). The zero-order chi connectivity index (χ0) is 19.3. The number of aliphatic hydroxyl groups excluding tert-OH is 1. The fraction of sp³-hybridized carbons (Fsp3) is 0.826. The quantitative estimate of drug-likeness (QED) is 0.233. The van der Waals surface area contributed by atoms with Gasteiger partial charge < -0.3 is 14.7 Å². The van der Waals surface area contributed by atoms with Crippen molar-refractivity contribution < 1.29 is 9.84 Å². The highest BCUT2D eigenvalue weighted by atomic mass is 16.5. The average Bonchev–Trinajstić information content (AvgIpc) is 2.63. The highest BCUT2D eigenvalue weighted by Crippen LogP contribution is 2.08. The Hall–Kier alpha value is -0.640. The Balaban J connectivity index is 3.29. The van der Waals surface area contributed by atoms with E-state index in [-0.39, 0.29) is 12.7 Å². The number of likely N-dealkylation sites (N-methyl/N-ethyl adjacent to an activating group) is 1. The molecule has 0 saturated heterocycles. The van der Waals surface area contributed by atoms with Crippen LogP contribution in [0.15, 0.2) is 24.3 Å². The third-order valence-corrected chi connectivity index (χ3v) is 4.47. The van der Waals surface area contributed by atoms with Crippen LogP contribution in [0.25, 0.3) is 0 Å². The zero-order valence-corrected chi connectivity index (χ0v) is 17.8. The fourth-order valence-corrected chi connectivity index (χ4v) is 2.91. The van der Waals surface area contributed by atoms with Crippen LogP contribution in [-0.2, 0) is 4.74 Å². The number of hydrogen-bond acceptors (Lipinski definition) is 3. The van der Waals surface area contributed by atoms with Gasteiger partial charge in [-0.15, -0.1) is 0 Å². The first-order chi connectivity index (χ1) is 12.7. The number of nitrogens with zero attached hydrogens (tertiary/aromatic N) is 1. The Labute approximate surface area is 163 Å². The lowest BCUT2D eigenvalue weighted by Crippen LogP contribution is -2.31. The fourth-order valence-electron chi connectivity index (χ4n) is 2.91. The van der Waals surface area contributed by atoms with Gasteiger partial charge in [0, 0.05) is 13.2 Å². The summed E-state index contributed by atoms with van der Waals surface area (Å²) in [6.07, 6.45) is 24.4. The van der Waals surface area contributed by atoms with E-state index in [2.05, 4.69) is 36.1 Å². The summed E-state index contributed by atoms with van der Waals surface area (Å²) in [6.45, 7) is 3.93. The van der Waals surface area contributed by atoms with Gasteiger partial charge in [-0.05, 0) is 52.6 Å². The van der Waals surface area contributed by atoms with E-state index in [0.717, 1.165) is 26.0 Å². The van der Waals surface area contributed by atoms with E-state index in [0.29, 0.717) is 0 Å². The largest absolute Gasteiger partial charge is 0.394 e. The Bertz CT molecular complexity index is 326. The van der Waals surface area contributed by atoms with E-state index in [1.165, 1.54) is 64.2 Å². The molecule has 26 heavy (non-hydrogen) atoms. The zero-order valence-electron chi connectivity index (χ0n) is 17.8. The lowest BCUT2D eigenvalue weighted by Gasteiger charge is -2.19. The van der Waals surface area contributed by atoms with Gasteiger partial charge in [0.25, 0.3) is 0 Å². The van der Waals surface area contributed by atoms with Crippen LogP contribution in [-0.4, -0.2) is 50.0 Å². The molecular formula is C23H45NO2. The lowest BCUT2D eigenvalue weighted by molar-refractivity contribution is -0.00224. The van der Waals surface area contributed by atoms with Gasteiger partial charge >= 0.3 is 0 Å². The normalized spacial score (nSPS) is 13.4. The van der Waals surface area contributed by atoms with Gasteiger partial charge in [-0.3, -0.25) is 0 Å². The summed E-state index contributed by atoms with van der Waals surface area (Å²) in [7, 11) is 4.01. The van der Waals surface area contributed by atoms with Crippen molar-refractivity contribution >= 4 is 0 Å². The first kappa shape index (κ1) is 25.4. The molecular weight excluding hydrogens is 322 g/mol. The van der Waals surface area contributed by atoms with Crippen LogP contribution >= 0.6 is 0 Å². The second kappa shape index (κ2) is 20.7. The Morgan fingerprint density at radius 1 is 0.808 bits per heavy atom. The van der Waals surface area contributed by atoms with E-state index in [4.69, 9.17) is 4.74 Å². The molecule has 3 nitrogen and oxygen atoms in total. The Kier molecular flexibility index (Phi) is 20.2. The minimum absolute atomic E-state index is 0.0389. The monoisotopic (exact) mass is 367 g/mol. The van der Waals surface area contributed by atoms with E-state index in [1.54, 1.807) is 0 Å². The van der Waals surface area contributed by atoms with Crippen molar-refractivity contribution in [2.75, 3.05) is 33.9 Å². The summed E-state index contributed by atoms with van der Waals surface area (Å²) in [5, 5.41) is 9.25. The summed E-state index contributed by atoms with van der Waals surface area (Å²) in [4.78, 5) is 2.05. The van der Waals surface area contributed by atoms with Crippen molar-refractivity contribution in [1.82, 2.24) is 4.90 Å². The van der Waals surface area contributed by atoms with Crippen LogP contribution in [0, 0.1) is 0 Å². The number of rotatable bonds is 19. The maximum absolute atomic E-state index is 9.25. The molecule has 0 aromatic heterocycles. The molecule has 0 heterocycles. The summed E-state index contributed by atoms with van der Waals surface area (Å²) in [6, 6.07) is 0. The number of ether oxygens (including phenoxy) is 1. The van der Waals surface area contributed by atoms with Crippen LogP contribution < -0.4 is 0 Å². The number of allylic oxidation sites excluding steroid dienone is 4. The second-order valence-corrected chi connectivity index (χ2v) is 7.52. The smallest absolute Gasteiger partial charge is 0.0931 e. The molecule has 3 heteroatoms. The molecule has 0 aliphatic heterocycles. The maximum Gasteiger partial charge on any atom is 0.0931 e. The minimum Gasteiger partial charge on any atom is -0.394 e. The predicted octanol–water partition coefficient (Wildman–Crippen LogP) is 5.74. The average molecular weight is 368 g/mol. The second-order valence-electron chi connectivity index (χ2n) is 7.52. The van der Waals surface area contributed by atoms with E-state index in [1.807, 2.05) is 14.1 Å². The topological polar surface area (TPSA) is 32.7 Å². The first-order valence-electron chi connectivity index (χ1n) is 10.9. The Morgan fingerprint density at radius 3 is 1.96 bits per heavy atom. The first-order valence-corrected chi connectivity index (χ1v) is 10.9. The van der Waals surface area contributed by atoms with Crippen LogP contribution in [0.1, 0.15) is 84.0 Å². The number of aliphatic hydroxyl groups is 1. The van der Waals surface area contributed by atoms with Gasteiger partial charge in [0.15, 0.2) is 0 Å². The molecule has 0 bridgehead atoms. The van der Waals surface area contributed by atoms with Gasteiger partial charge in [0.05, 0.1) is 12.7 Å². The summed E-state index contributed by atoms with van der Waals surface area (Å²) in [5.74, 6) is 0. The molecule has 1 unspecified atom stereocenters. The molecule has 0 aliphatic carbocycles. The van der Waals surface area contributed by atoms with Crippen LogP contribution in [0.4, 0.5) is 0 Å². The molecule has 0 aliphatic rings. The SMILES string of the molecule is CCCCCC=CCC=CCCCCCCCCOC(CO)CN(C)C. The van der Waals surface area contributed by atoms with Gasteiger partial charge in [0.2, 0.25) is 0 Å². The standard InChI is InChI=1S/C23H45NO2/c1-4-5-6-7-8-9-10-11-12-13-14-15-16-17-18-19-20-26-23(22-25)21-24(2)3/h8-9,11-12,23,25H,4-7,10,13-22H2,1-3H3. The molecule has 154 valence electrons. The summed E-state index contributed by atoms with van der Waals surface area (Å²) in [5.41, 5.74) is 0. The highest BCUT2D eigenvalue weighted by Gasteiger charge is 2.08. The van der Waals surface area contributed by atoms with Gasteiger partial charge in [0.1, 0.15) is 0 Å².